The Kier molecular flexibility index (Phi) is 3.39. The summed E-state index contributed by atoms with van der Waals surface area (Å²) in [6.07, 6.45) is 0. The number of nitrogen functional groups attached to an aromatic ring is 1. The van der Waals surface area contributed by atoms with E-state index in [1.807, 2.05) is 0 Å². The minimum Gasteiger partial charge on any atom is -0.455 e. The van der Waals surface area contributed by atoms with E-state index in [-0.39, 0.29) is 11.4 Å². The summed E-state index contributed by atoms with van der Waals surface area (Å²) in [7, 11) is 0. The van der Waals surface area contributed by atoms with Crippen molar-refractivity contribution in [3.05, 3.63) is 52.6 Å². The summed E-state index contributed by atoms with van der Waals surface area (Å²) in [4.78, 5) is 0. The maximum atomic E-state index is 13.2. The smallest absolute Gasteiger partial charge is 0.156 e. The van der Waals surface area contributed by atoms with Gasteiger partial charge >= 0.3 is 0 Å². The van der Waals surface area contributed by atoms with E-state index in [1.165, 1.54) is 0 Å². The lowest BCUT2D eigenvalue weighted by Gasteiger charge is -2.10. The first-order chi connectivity index (χ1) is 8.47. The van der Waals surface area contributed by atoms with Crippen LogP contribution < -0.4 is 10.5 Å². The molecule has 0 aromatic heterocycles. The summed E-state index contributed by atoms with van der Waals surface area (Å²) in [6, 6.07) is 6.62. The first-order valence-electron chi connectivity index (χ1n) is 5.16. The van der Waals surface area contributed by atoms with Crippen molar-refractivity contribution in [2.45, 2.75) is 6.92 Å². The predicted molar refractivity (Wildman–Crippen MR) is 67.0 cm³/mol. The molecular weight excluding hydrogens is 260 g/mol. The molecule has 0 atom stereocenters. The summed E-state index contributed by atoms with van der Waals surface area (Å²) in [5.74, 6) is -1.25. The third kappa shape index (κ3) is 2.54. The molecule has 0 bridgehead atoms. The number of benzene rings is 2. The normalized spacial score (nSPS) is 10.4. The van der Waals surface area contributed by atoms with Crippen molar-refractivity contribution in [1.82, 2.24) is 0 Å². The first kappa shape index (κ1) is 12.6. The van der Waals surface area contributed by atoms with Gasteiger partial charge in [0.1, 0.15) is 17.3 Å². The second kappa shape index (κ2) is 4.82. The van der Waals surface area contributed by atoms with Gasteiger partial charge < -0.3 is 10.5 Å². The fourth-order valence-corrected chi connectivity index (χ4v) is 1.57. The highest BCUT2D eigenvalue weighted by atomic mass is 35.5. The van der Waals surface area contributed by atoms with Gasteiger partial charge in [-0.05, 0) is 30.7 Å². The highest BCUT2D eigenvalue weighted by Crippen LogP contribution is 2.31. The summed E-state index contributed by atoms with van der Waals surface area (Å²) in [5, 5.41) is 0.584. The quantitative estimate of drug-likeness (QED) is 0.825. The Bertz CT molecular complexity index is 602. The number of anilines is 1. The number of halogens is 3. The average molecular weight is 270 g/mol. The summed E-state index contributed by atoms with van der Waals surface area (Å²) in [5.41, 5.74) is 6.04. The molecule has 2 N–H and O–H groups in total. The van der Waals surface area contributed by atoms with E-state index >= 15 is 0 Å². The molecule has 2 aromatic rings. The SMILES string of the molecule is Cc1cc(Oc2cc(F)cc(F)c2N)ccc1Cl. The second-order valence-electron chi connectivity index (χ2n) is 3.81. The Morgan fingerprint density at radius 1 is 1.17 bits per heavy atom. The van der Waals surface area contributed by atoms with Crippen LogP contribution in [0.3, 0.4) is 0 Å². The van der Waals surface area contributed by atoms with Crippen LogP contribution in [0.4, 0.5) is 14.5 Å². The topological polar surface area (TPSA) is 35.2 Å². The van der Waals surface area contributed by atoms with Gasteiger partial charge in [-0.15, -0.1) is 0 Å². The van der Waals surface area contributed by atoms with Crippen molar-refractivity contribution >= 4 is 17.3 Å². The van der Waals surface area contributed by atoms with E-state index in [4.69, 9.17) is 22.1 Å². The highest BCUT2D eigenvalue weighted by molar-refractivity contribution is 6.31. The Morgan fingerprint density at radius 3 is 2.56 bits per heavy atom. The molecule has 0 spiro atoms. The maximum absolute atomic E-state index is 13.2. The van der Waals surface area contributed by atoms with Gasteiger partial charge in [0.15, 0.2) is 11.6 Å². The third-order valence-corrected chi connectivity index (χ3v) is 2.84. The van der Waals surface area contributed by atoms with Crippen molar-refractivity contribution in [3.8, 4) is 11.5 Å². The van der Waals surface area contributed by atoms with Gasteiger partial charge in [-0.3, -0.25) is 0 Å². The molecular formula is C13H10ClF2NO. The molecule has 5 heteroatoms. The van der Waals surface area contributed by atoms with Crippen molar-refractivity contribution in [3.63, 3.8) is 0 Å². The molecule has 2 aromatic carbocycles. The predicted octanol–water partition coefficient (Wildman–Crippen LogP) is 4.30. The number of nitrogens with two attached hydrogens (primary N) is 1. The molecule has 2 rings (SSSR count). The van der Waals surface area contributed by atoms with E-state index in [9.17, 15) is 8.78 Å². The summed E-state index contributed by atoms with van der Waals surface area (Å²) >= 11 is 5.87. The molecule has 0 fully saturated rings. The van der Waals surface area contributed by atoms with Crippen molar-refractivity contribution in [1.29, 1.82) is 0 Å². The Morgan fingerprint density at radius 2 is 1.89 bits per heavy atom. The van der Waals surface area contributed by atoms with Crippen LogP contribution in [0.2, 0.25) is 5.02 Å². The molecule has 0 saturated heterocycles. The van der Waals surface area contributed by atoms with Crippen LogP contribution >= 0.6 is 11.6 Å². The Labute approximate surface area is 108 Å². The van der Waals surface area contributed by atoms with Gasteiger partial charge in [-0.1, -0.05) is 11.6 Å². The molecule has 0 radical (unpaired) electrons. The van der Waals surface area contributed by atoms with E-state index in [0.717, 1.165) is 11.6 Å². The van der Waals surface area contributed by atoms with Gasteiger partial charge in [0, 0.05) is 17.2 Å². The minimum atomic E-state index is -0.851. The van der Waals surface area contributed by atoms with Crippen molar-refractivity contribution in [2.75, 3.05) is 5.73 Å². The Balaban J connectivity index is 2.36. The Hall–Kier alpha value is -1.81. The number of rotatable bonds is 2. The van der Waals surface area contributed by atoms with Gasteiger partial charge in [-0.2, -0.15) is 0 Å². The zero-order valence-electron chi connectivity index (χ0n) is 9.51. The molecule has 18 heavy (non-hydrogen) atoms. The average Bonchev–Trinajstić information content (AvgIpc) is 2.30. The third-order valence-electron chi connectivity index (χ3n) is 2.41. The van der Waals surface area contributed by atoms with Crippen LogP contribution in [0.5, 0.6) is 11.5 Å². The van der Waals surface area contributed by atoms with Gasteiger partial charge in [0.05, 0.1) is 0 Å². The lowest BCUT2D eigenvalue weighted by molar-refractivity contribution is 0.471. The molecule has 2 nitrogen and oxygen atoms in total. The van der Waals surface area contributed by atoms with E-state index in [2.05, 4.69) is 0 Å². The fourth-order valence-electron chi connectivity index (χ4n) is 1.45. The van der Waals surface area contributed by atoms with Crippen LogP contribution in [0.15, 0.2) is 30.3 Å². The van der Waals surface area contributed by atoms with E-state index < -0.39 is 11.6 Å². The number of aryl methyl sites for hydroxylation is 1. The largest absolute Gasteiger partial charge is 0.455 e. The van der Waals surface area contributed by atoms with Crippen LogP contribution in [0.1, 0.15) is 5.56 Å². The lowest BCUT2D eigenvalue weighted by Crippen LogP contribution is -1.97. The first-order valence-corrected chi connectivity index (χ1v) is 5.53. The van der Waals surface area contributed by atoms with Gasteiger partial charge in [0.25, 0.3) is 0 Å². The van der Waals surface area contributed by atoms with Crippen LogP contribution in [-0.4, -0.2) is 0 Å². The summed E-state index contributed by atoms with van der Waals surface area (Å²) < 4.78 is 31.6. The van der Waals surface area contributed by atoms with E-state index in [0.29, 0.717) is 16.8 Å². The molecule has 0 amide bonds. The van der Waals surface area contributed by atoms with Crippen molar-refractivity contribution < 1.29 is 13.5 Å². The molecule has 94 valence electrons. The molecule has 0 aliphatic rings. The standard InChI is InChI=1S/C13H10ClF2NO/c1-7-4-9(2-3-10(7)14)18-12-6-8(15)5-11(16)13(12)17/h2-6H,17H2,1H3. The van der Waals surface area contributed by atoms with Crippen LogP contribution in [-0.2, 0) is 0 Å². The fraction of sp³-hybridized carbons (Fsp3) is 0.0769. The minimum absolute atomic E-state index is 0.0609. The number of hydrogen-bond donors (Lipinski definition) is 1. The molecule has 0 aliphatic carbocycles. The zero-order valence-corrected chi connectivity index (χ0v) is 10.3. The number of ether oxygens (including phenoxy) is 1. The molecule has 0 heterocycles. The van der Waals surface area contributed by atoms with Crippen molar-refractivity contribution in [2.24, 2.45) is 0 Å². The zero-order chi connectivity index (χ0) is 13.3. The lowest BCUT2D eigenvalue weighted by atomic mass is 10.2. The molecule has 0 aliphatic heterocycles. The maximum Gasteiger partial charge on any atom is 0.156 e. The summed E-state index contributed by atoms with van der Waals surface area (Å²) in [6.45, 7) is 1.80. The van der Waals surface area contributed by atoms with Gasteiger partial charge in [0.2, 0.25) is 0 Å². The molecule has 0 saturated carbocycles. The van der Waals surface area contributed by atoms with E-state index in [1.54, 1.807) is 25.1 Å². The van der Waals surface area contributed by atoms with Crippen LogP contribution in [0, 0.1) is 18.6 Å². The number of hydrogen-bond acceptors (Lipinski definition) is 2. The highest BCUT2D eigenvalue weighted by Gasteiger charge is 2.10. The molecule has 0 unspecified atom stereocenters. The van der Waals surface area contributed by atoms with Gasteiger partial charge in [-0.25, -0.2) is 8.78 Å². The second-order valence-corrected chi connectivity index (χ2v) is 4.22. The van der Waals surface area contributed by atoms with Crippen LogP contribution in [0.25, 0.3) is 0 Å². The monoisotopic (exact) mass is 269 g/mol.